The van der Waals surface area contributed by atoms with Gasteiger partial charge in [-0.05, 0) is 50.7 Å². The molecule has 7 nitrogen and oxygen atoms in total. The third-order valence-electron chi connectivity index (χ3n) is 10.4. The molecule has 3 aliphatic heterocycles. The molecule has 2 aromatic rings. The van der Waals surface area contributed by atoms with E-state index in [-0.39, 0.29) is 30.4 Å². The van der Waals surface area contributed by atoms with Crippen LogP contribution in [0.2, 0.25) is 0 Å². The Balaban J connectivity index is 1.59. The highest BCUT2D eigenvalue weighted by atomic mass is 32.2. The second kappa shape index (κ2) is 14.2. The highest BCUT2D eigenvalue weighted by Gasteiger charge is 2.78. The van der Waals surface area contributed by atoms with Crippen molar-refractivity contribution in [3.8, 4) is 0 Å². The average molecular weight is 644 g/mol. The lowest BCUT2D eigenvalue weighted by Gasteiger charge is -2.41. The summed E-state index contributed by atoms with van der Waals surface area (Å²) < 4.78 is -1.27. The van der Waals surface area contributed by atoms with Gasteiger partial charge in [-0.25, -0.2) is 0 Å². The molecule has 246 valence electrons. The van der Waals surface area contributed by atoms with E-state index in [4.69, 9.17) is 0 Å². The van der Waals surface area contributed by atoms with Gasteiger partial charge in [-0.2, -0.15) is 0 Å². The number of benzene rings is 2. The van der Waals surface area contributed by atoms with Gasteiger partial charge < -0.3 is 19.8 Å². The van der Waals surface area contributed by atoms with Gasteiger partial charge in [-0.15, -0.1) is 24.9 Å². The Morgan fingerprint density at radius 1 is 1.02 bits per heavy atom. The van der Waals surface area contributed by atoms with E-state index < -0.39 is 33.4 Å². The summed E-state index contributed by atoms with van der Waals surface area (Å²) in [6.07, 6.45) is 7.03. The molecule has 3 aliphatic rings. The molecule has 1 spiro atoms. The summed E-state index contributed by atoms with van der Waals surface area (Å²) >= 11 is 1.68. The van der Waals surface area contributed by atoms with Crippen LogP contribution in [0.25, 0.3) is 0 Å². The fourth-order valence-electron chi connectivity index (χ4n) is 8.30. The molecule has 0 aliphatic carbocycles. The summed E-state index contributed by atoms with van der Waals surface area (Å²) in [5, 5.41) is 10.9. The molecule has 3 unspecified atom stereocenters. The number of carbonyl (C=O) groups excluding carboxylic acids is 3. The Bertz CT molecular complexity index is 1420. The molecule has 46 heavy (non-hydrogen) atoms. The van der Waals surface area contributed by atoms with Gasteiger partial charge in [0.05, 0.1) is 29.2 Å². The van der Waals surface area contributed by atoms with E-state index in [1.807, 2.05) is 65.6 Å². The van der Waals surface area contributed by atoms with Gasteiger partial charge in [0.1, 0.15) is 6.04 Å². The third-order valence-corrected chi connectivity index (χ3v) is 12.3. The van der Waals surface area contributed by atoms with E-state index in [9.17, 15) is 19.5 Å². The SMILES string of the molecule is C=CCN(Cc1ccccc1)C(=O)[C@@H]1[C@H]2C(=O)N([C@@H](CO)Cc3ccccc3)C(C(=O)N(CC=C)C(C)CCC)C23CC[C@@]1(C)S3. The van der Waals surface area contributed by atoms with E-state index >= 15 is 0 Å². The van der Waals surface area contributed by atoms with Crippen molar-refractivity contribution in [1.82, 2.24) is 14.7 Å². The van der Waals surface area contributed by atoms with Crippen LogP contribution in [0.15, 0.2) is 86.0 Å². The van der Waals surface area contributed by atoms with E-state index in [0.29, 0.717) is 32.5 Å². The Hall–Kier alpha value is -3.36. The zero-order chi connectivity index (χ0) is 33.1. The molecule has 0 saturated carbocycles. The Kier molecular flexibility index (Phi) is 10.5. The van der Waals surface area contributed by atoms with Crippen molar-refractivity contribution < 1.29 is 19.5 Å². The van der Waals surface area contributed by atoms with Crippen LogP contribution in [0.4, 0.5) is 0 Å². The van der Waals surface area contributed by atoms with Gasteiger partial charge in [0.25, 0.3) is 0 Å². The van der Waals surface area contributed by atoms with Crippen molar-refractivity contribution in [3.63, 3.8) is 0 Å². The molecule has 7 atom stereocenters. The van der Waals surface area contributed by atoms with Crippen molar-refractivity contribution >= 4 is 29.5 Å². The zero-order valence-corrected chi connectivity index (χ0v) is 28.3. The summed E-state index contributed by atoms with van der Waals surface area (Å²) in [7, 11) is 0. The largest absolute Gasteiger partial charge is 0.394 e. The first-order chi connectivity index (χ1) is 22.2. The molecule has 2 aromatic carbocycles. The average Bonchev–Trinajstić information content (AvgIpc) is 3.63. The molecule has 2 bridgehead atoms. The quantitative estimate of drug-likeness (QED) is 0.260. The molecule has 5 rings (SSSR count). The first-order valence-corrected chi connectivity index (χ1v) is 17.5. The first-order valence-electron chi connectivity index (χ1n) is 16.7. The monoisotopic (exact) mass is 643 g/mol. The van der Waals surface area contributed by atoms with Crippen LogP contribution in [-0.2, 0) is 27.3 Å². The summed E-state index contributed by atoms with van der Waals surface area (Å²) in [4.78, 5) is 50.0. The second-order valence-corrected chi connectivity index (χ2v) is 15.3. The van der Waals surface area contributed by atoms with Crippen LogP contribution in [0.1, 0.15) is 57.6 Å². The highest BCUT2D eigenvalue weighted by molar-refractivity contribution is 8.02. The van der Waals surface area contributed by atoms with E-state index in [2.05, 4.69) is 33.9 Å². The predicted molar refractivity (Wildman–Crippen MR) is 185 cm³/mol. The number of likely N-dealkylation sites (tertiary alicyclic amines) is 1. The first kappa shape index (κ1) is 34.0. The van der Waals surface area contributed by atoms with Gasteiger partial charge in [-0.1, -0.05) is 86.2 Å². The number of carbonyl (C=O) groups is 3. The van der Waals surface area contributed by atoms with Gasteiger partial charge >= 0.3 is 0 Å². The number of nitrogens with zero attached hydrogens (tertiary/aromatic N) is 3. The molecular formula is C38H49N3O4S. The van der Waals surface area contributed by atoms with Crippen LogP contribution in [0.5, 0.6) is 0 Å². The van der Waals surface area contributed by atoms with Crippen molar-refractivity contribution in [2.45, 2.75) is 87.0 Å². The maximum atomic E-state index is 15.0. The van der Waals surface area contributed by atoms with E-state index in [0.717, 1.165) is 30.4 Å². The number of aliphatic hydroxyl groups is 1. The third kappa shape index (κ3) is 6.06. The van der Waals surface area contributed by atoms with E-state index in [1.165, 1.54) is 0 Å². The van der Waals surface area contributed by atoms with Crippen LogP contribution >= 0.6 is 11.8 Å². The summed E-state index contributed by atoms with van der Waals surface area (Å²) in [5.41, 5.74) is 1.99. The number of hydrogen-bond donors (Lipinski definition) is 1. The van der Waals surface area contributed by atoms with Crippen molar-refractivity contribution in [2.75, 3.05) is 19.7 Å². The fourth-order valence-corrected chi connectivity index (χ4v) is 10.6. The Morgan fingerprint density at radius 2 is 1.65 bits per heavy atom. The highest BCUT2D eigenvalue weighted by Crippen LogP contribution is 2.72. The van der Waals surface area contributed by atoms with Crippen molar-refractivity contribution in [2.24, 2.45) is 11.8 Å². The van der Waals surface area contributed by atoms with Gasteiger partial charge in [0, 0.05) is 30.4 Å². The zero-order valence-electron chi connectivity index (χ0n) is 27.5. The topological polar surface area (TPSA) is 81.2 Å². The molecule has 0 radical (unpaired) electrons. The lowest BCUT2D eigenvalue weighted by atomic mass is 9.66. The minimum Gasteiger partial charge on any atom is -0.394 e. The molecule has 3 heterocycles. The normalized spacial score (nSPS) is 27.6. The Morgan fingerprint density at radius 3 is 2.24 bits per heavy atom. The maximum absolute atomic E-state index is 15.0. The maximum Gasteiger partial charge on any atom is 0.247 e. The Labute approximate surface area is 278 Å². The van der Waals surface area contributed by atoms with Crippen molar-refractivity contribution in [3.05, 3.63) is 97.1 Å². The number of amides is 3. The van der Waals surface area contributed by atoms with Crippen LogP contribution in [-0.4, -0.2) is 84.8 Å². The van der Waals surface area contributed by atoms with Gasteiger partial charge in [-0.3, -0.25) is 14.4 Å². The smallest absolute Gasteiger partial charge is 0.247 e. The van der Waals surface area contributed by atoms with Crippen LogP contribution in [0.3, 0.4) is 0 Å². The standard InChI is InChI=1S/C38H49N3O4S/c1-6-15-27(4)40(23-8-3)36(45)33-38-21-20-37(5,46-38)31(34(43)39(22-7-2)25-29-18-13-10-14-19-29)32(38)35(44)41(33)30(26-42)24-28-16-11-9-12-17-28/h7-14,16-19,27,30-33,42H,2-3,6,15,20-26H2,1,4-5H3/t27?,30-,31+,32+,33?,37-,38?/m1/s1. The molecule has 3 amide bonds. The fraction of sp³-hybridized carbons (Fsp3) is 0.500. The molecular weight excluding hydrogens is 595 g/mol. The summed E-state index contributed by atoms with van der Waals surface area (Å²) in [6.45, 7) is 15.0. The second-order valence-electron chi connectivity index (χ2n) is 13.4. The summed E-state index contributed by atoms with van der Waals surface area (Å²) in [6, 6.07) is 18.2. The number of thioether (sulfide) groups is 1. The van der Waals surface area contributed by atoms with Crippen LogP contribution in [0, 0.1) is 11.8 Å². The minimum absolute atomic E-state index is 0.0461. The van der Waals surface area contributed by atoms with Crippen molar-refractivity contribution in [1.29, 1.82) is 0 Å². The number of fused-ring (bicyclic) bond motifs is 1. The van der Waals surface area contributed by atoms with Gasteiger partial charge in [0.2, 0.25) is 17.7 Å². The molecule has 0 aromatic heterocycles. The van der Waals surface area contributed by atoms with E-state index in [1.54, 1.807) is 33.7 Å². The lowest BCUT2D eigenvalue weighted by molar-refractivity contribution is -0.148. The minimum atomic E-state index is -0.795. The molecule has 1 N–H and O–H groups in total. The number of aliphatic hydroxyl groups excluding tert-OH is 1. The lowest BCUT2D eigenvalue weighted by Crippen LogP contribution is -2.59. The number of hydrogen-bond acceptors (Lipinski definition) is 5. The van der Waals surface area contributed by atoms with Gasteiger partial charge in [0.15, 0.2) is 0 Å². The molecule has 3 saturated heterocycles. The van der Waals surface area contributed by atoms with Crippen LogP contribution < -0.4 is 0 Å². The predicted octanol–water partition coefficient (Wildman–Crippen LogP) is 5.49. The molecule has 3 fully saturated rings. The summed E-state index contributed by atoms with van der Waals surface area (Å²) in [5.74, 6) is -1.64. The number of rotatable bonds is 15. The molecule has 8 heteroatoms.